The summed E-state index contributed by atoms with van der Waals surface area (Å²) in [4.78, 5) is 9.59. The molecule has 3 aromatic rings. The maximum absolute atomic E-state index is 9.59. The Morgan fingerprint density at radius 3 is 1.09 bits per heavy atom. The summed E-state index contributed by atoms with van der Waals surface area (Å²) in [5, 5.41) is 0. The van der Waals surface area contributed by atoms with Crippen LogP contribution in [0.15, 0.2) is 91.0 Å². The average Bonchev–Trinajstić information content (AvgIpc) is 2.82. The van der Waals surface area contributed by atoms with E-state index >= 15 is 0 Å². The second-order valence-corrected chi connectivity index (χ2v) is 9.02. The molecule has 0 saturated heterocycles. The number of thioether (sulfide) groups is 1. The summed E-state index contributed by atoms with van der Waals surface area (Å²) in [7, 11) is 3.06. The van der Waals surface area contributed by atoms with Gasteiger partial charge in [0.25, 0.3) is 0 Å². The van der Waals surface area contributed by atoms with Gasteiger partial charge in [-0.15, -0.1) is 11.8 Å². The summed E-state index contributed by atoms with van der Waals surface area (Å²) in [5.74, 6) is -0.245. The van der Waals surface area contributed by atoms with Crippen LogP contribution in [-0.4, -0.2) is 32.0 Å². The highest BCUT2D eigenvalue weighted by Crippen LogP contribution is 2.46. The van der Waals surface area contributed by atoms with Crippen LogP contribution >= 0.6 is 11.8 Å². The Hall–Kier alpha value is -2.56. The maximum Gasteiger partial charge on any atom is 0.302 e. The minimum atomic E-state index is -0.245. The van der Waals surface area contributed by atoms with E-state index in [1.807, 2.05) is 32.5 Å². The van der Waals surface area contributed by atoms with Crippen molar-refractivity contribution in [2.75, 3.05) is 20.5 Å². The van der Waals surface area contributed by atoms with E-state index in [1.165, 1.54) is 30.7 Å². The van der Waals surface area contributed by atoms with Gasteiger partial charge in [0.2, 0.25) is 0 Å². The van der Waals surface area contributed by atoms with Crippen molar-refractivity contribution in [2.45, 2.75) is 38.0 Å². The molecule has 32 heavy (non-hydrogen) atoms. The van der Waals surface area contributed by atoms with E-state index in [0.29, 0.717) is 0 Å². The third kappa shape index (κ3) is 8.52. The summed E-state index contributed by atoms with van der Waals surface area (Å²) in [5.41, 5.74) is 3.99. The minimum Gasteiger partial charge on any atom is -0.469 e. The first-order valence-corrected chi connectivity index (χ1v) is 11.7. The van der Waals surface area contributed by atoms with Crippen molar-refractivity contribution in [1.82, 2.24) is 0 Å². The Labute approximate surface area is 198 Å². The van der Waals surface area contributed by atoms with Crippen molar-refractivity contribution in [2.24, 2.45) is 0 Å². The van der Waals surface area contributed by atoms with Crippen LogP contribution in [0.1, 0.15) is 44.4 Å². The highest BCUT2D eigenvalue weighted by Gasteiger charge is 2.35. The zero-order chi connectivity index (χ0) is 24.0. The van der Waals surface area contributed by atoms with E-state index in [1.54, 1.807) is 7.11 Å². The zero-order valence-electron chi connectivity index (χ0n) is 20.3. The smallest absolute Gasteiger partial charge is 0.302 e. The van der Waals surface area contributed by atoms with Crippen molar-refractivity contribution >= 4 is 17.7 Å². The fraction of sp³-hybridized carbons (Fsp3) is 0.321. The van der Waals surface area contributed by atoms with Crippen LogP contribution in [0, 0.1) is 0 Å². The van der Waals surface area contributed by atoms with Gasteiger partial charge in [0.15, 0.2) is 0 Å². The minimum absolute atomic E-state index is 0.0417. The molecule has 0 amide bonds. The molecule has 3 nitrogen and oxygen atoms in total. The normalized spacial score (nSPS) is 10.7. The van der Waals surface area contributed by atoms with E-state index in [0.717, 1.165) is 0 Å². The Balaban J connectivity index is 0.000000389. The predicted octanol–water partition coefficient (Wildman–Crippen LogP) is 6.95. The molecule has 0 unspecified atom stereocenters. The Morgan fingerprint density at radius 1 is 0.688 bits per heavy atom. The molecule has 0 aromatic heterocycles. The van der Waals surface area contributed by atoms with Crippen LogP contribution in [0.3, 0.4) is 0 Å². The summed E-state index contributed by atoms with van der Waals surface area (Å²) in [6.07, 6.45) is 2.19. The van der Waals surface area contributed by atoms with Crippen molar-refractivity contribution in [1.29, 1.82) is 0 Å². The first-order chi connectivity index (χ1) is 15.2. The number of ether oxygens (including phenoxy) is 2. The molecule has 0 aliphatic carbocycles. The van der Waals surface area contributed by atoms with Crippen LogP contribution in [0.2, 0.25) is 0 Å². The highest BCUT2D eigenvalue weighted by molar-refractivity contribution is 8.00. The second kappa shape index (κ2) is 13.8. The Kier molecular flexibility index (Phi) is 11.8. The fourth-order valence-electron chi connectivity index (χ4n) is 2.87. The van der Waals surface area contributed by atoms with Crippen LogP contribution in [0.5, 0.6) is 0 Å². The van der Waals surface area contributed by atoms with Crippen LogP contribution < -0.4 is 0 Å². The van der Waals surface area contributed by atoms with Crippen LogP contribution in [0.4, 0.5) is 0 Å². The van der Waals surface area contributed by atoms with E-state index < -0.39 is 0 Å². The molecule has 0 atom stereocenters. The van der Waals surface area contributed by atoms with Crippen molar-refractivity contribution in [3.8, 4) is 0 Å². The molecule has 0 aliphatic heterocycles. The molecule has 3 rings (SSSR count). The SMILES string of the molecule is COC(C)(C)C.COC(C)=O.CSC(c1ccccc1)(c1ccccc1)c1ccccc1. The van der Waals surface area contributed by atoms with Gasteiger partial charge in [-0.1, -0.05) is 91.0 Å². The van der Waals surface area contributed by atoms with Gasteiger partial charge in [0, 0.05) is 14.0 Å². The van der Waals surface area contributed by atoms with Gasteiger partial charge >= 0.3 is 5.97 Å². The standard InChI is InChI=1S/C20H18S.C5H12O.C3H6O2/c1-21-20(17-11-5-2-6-12-17,18-13-7-3-8-14-18)19-15-9-4-10-16-19;1-5(2,3)6-4;1-3(4)5-2/h2-16H,1H3;1-4H3;1-2H3. The molecule has 172 valence electrons. The number of methoxy groups -OCH3 is 2. The predicted molar refractivity (Wildman–Crippen MR) is 137 cm³/mol. The number of carbonyl (C=O) groups is 1. The molecule has 0 N–H and O–H groups in total. The lowest BCUT2D eigenvalue weighted by Crippen LogP contribution is -2.24. The molecular formula is C28H36O3S. The summed E-state index contributed by atoms with van der Waals surface area (Å²) >= 11 is 1.88. The molecule has 4 heteroatoms. The summed E-state index contributed by atoms with van der Waals surface area (Å²) in [6.45, 7) is 7.42. The van der Waals surface area contributed by atoms with Crippen molar-refractivity contribution in [3.05, 3.63) is 108 Å². The van der Waals surface area contributed by atoms with Gasteiger partial charge in [0.1, 0.15) is 0 Å². The van der Waals surface area contributed by atoms with Crippen LogP contribution in [0.25, 0.3) is 0 Å². The van der Waals surface area contributed by atoms with Crippen molar-refractivity contribution in [3.63, 3.8) is 0 Å². The number of esters is 1. The monoisotopic (exact) mass is 452 g/mol. The molecule has 3 aromatic carbocycles. The van der Waals surface area contributed by atoms with Gasteiger partial charge in [-0.2, -0.15) is 0 Å². The largest absolute Gasteiger partial charge is 0.469 e. The fourth-order valence-corrected chi connectivity index (χ4v) is 3.99. The third-order valence-corrected chi connectivity index (χ3v) is 6.07. The summed E-state index contributed by atoms with van der Waals surface area (Å²) in [6, 6.07) is 32.2. The third-order valence-electron chi connectivity index (χ3n) is 4.75. The van der Waals surface area contributed by atoms with Crippen molar-refractivity contribution < 1.29 is 14.3 Å². The first kappa shape index (κ1) is 27.5. The number of benzene rings is 3. The molecule has 0 bridgehead atoms. The average molecular weight is 453 g/mol. The lowest BCUT2D eigenvalue weighted by atomic mass is 9.84. The van der Waals surface area contributed by atoms with E-state index in [2.05, 4.69) is 102 Å². The summed E-state index contributed by atoms with van der Waals surface area (Å²) < 4.78 is 8.89. The molecule has 0 spiro atoms. The maximum atomic E-state index is 9.59. The van der Waals surface area contributed by atoms with Gasteiger partial charge in [-0.3, -0.25) is 4.79 Å². The Morgan fingerprint density at radius 2 is 0.938 bits per heavy atom. The molecule has 0 heterocycles. The van der Waals surface area contributed by atoms with Gasteiger partial charge < -0.3 is 9.47 Å². The van der Waals surface area contributed by atoms with E-state index in [4.69, 9.17) is 4.74 Å². The van der Waals surface area contributed by atoms with Gasteiger partial charge in [-0.05, 0) is 43.7 Å². The topological polar surface area (TPSA) is 35.5 Å². The number of rotatable bonds is 4. The molecule has 0 aliphatic rings. The highest BCUT2D eigenvalue weighted by atomic mass is 32.2. The van der Waals surface area contributed by atoms with Crippen LogP contribution in [-0.2, 0) is 19.0 Å². The van der Waals surface area contributed by atoms with E-state index in [-0.39, 0.29) is 16.3 Å². The van der Waals surface area contributed by atoms with E-state index in [9.17, 15) is 4.79 Å². The quantitative estimate of drug-likeness (QED) is 0.317. The van der Waals surface area contributed by atoms with Gasteiger partial charge in [0.05, 0.1) is 17.5 Å². The second-order valence-electron chi connectivity index (χ2n) is 8.00. The molecule has 0 saturated carbocycles. The Bertz CT molecular complexity index is 792. The lowest BCUT2D eigenvalue weighted by molar-refractivity contribution is -0.137. The number of hydrogen-bond acceptors (Lipinski definition) is 4. The molecule has 0 radical (unpaired) electrons. The molecular weight excluding hydrogens is 416 g/mol. The number of carbonyl (C=O) groups excluding carboxylic acids is 1. The first-order valence-electron chi connectivity index (χ1n) is 10.5. The number of hydrogen-bond donors (Lipinski definition) is 0. The van der Waals surface area contributed by atoms with Gasteiger partial charge in [-0.25, -0.2) is 0 Å². The lowest BCUT2D eigenvalue weighted by Gasteiger charge is -2.34. The molecule has 0 fully saturated rings. The zero-order valence-corrected chi connectivity index (χ0v) is 21.1.